The van der Waals surface area contributed by atoms with E-state index in [4.69, 9.17) is 16.9 Å². The molecule has 92 valence electrons. The molecule has 0 unspecified atom stereocenters. The van der Waals surface area contributed by atoms with E-state index in [1.54, 1.807) is 0 Å². The largest absolute Gasteiger partial charge is 0.297 e. The van der Waals surface area contributed by atoms with E-state index in [0.717, 1.165) is 15.6 Å². The van der Waals surface area contributed by atoms with E-state index in [-0.39, 0.29) is 0 Å². The Hall–Kier alpha value is -1.83. The second-order valence-corrected chi connectivity index (χ2v) is 5.30. The van der Waals surface area contributed by atoms with E-state index >= 15 is 0 Å². The molecule has 0 bridgehead atoms. The minimum Gasteiger partial charge on any atom is -0.297 e. The zero-order valence-electron chi connectivity index (χ0n) is 9.64. The fraction of sp³-hybridized carbons (Fsp3) is 0. The van der Waals surface area contributed by atoms with Gasteiger partial charge in [-0.2, -0.15) is 5.26 Å². The number of pyridine rings is 1. The molecule has 0 fully saturated rings. The summed E-state index contributed by atoms with van der Waals surface area (Å²) in [5.74, 6) is 0.665. The van der Waals surface area contributed by atoms with Gasteiger partial charge in [0.2, 0.25) is 0 Å². The Kier molecular flexibility index (Phi) is 3.02. The first-order chi connectivity index (χ1) is 9.20. The molecule has 0 aliphatic carbocycles. The number of hydrogen-bond acceptors (Lipinski definition) is 2. The van der Waals surface area contributed by atoms with Gasteiger partial charge in [-0.3, -0.25) is 4.40 Å². The van der Waals surface area contributed by atoms with Gasteiger partial charge in [-0.15, -0.1) is 0 Å². The molecule has 3 aromatic rings. The summed E-state index contributed by atoms with van der Waals surface area (Å²) in [5, 5.41) is 9.77. The summed E-state index contributed by atoms with van der Waals surface area (Å²) in [4.78, 5) is 4.38. The number of rotatable bonds is 1. The van der Waals surface area contributed by atoms with Crippen molar-refractivity contribution in [3.05, 3.63) is 57.8 Å². The van der Waals surface area contributed by atoms with Crippen LogP contribution in [-0.4, -0.2) is 9.38 Å². The van der Waals surface area contributed by atoms with E-state index in [1.165, 1.54) is 0 Å². The van der Waals surface area contributed by atoms with Crippen LogP contribution in [0.5, 0.6) is 0 Å². The minimum absolute atomic E-state index is 0.391. The van der Waals surface area contributed by atoms with Crippen molar-refractivity contribution in [3.8, 4) is 17.5 Å². The van der Waals surface area contributed by atoms with Crippen molar-refractivity contribution in [3.63, 3.8) is 0 Å². The number of nitriles is 1. The van der Waals surface area contributed by atoms with Gasteiger partial charge in [0, 0.05) is 16.2 Å². The number of fused-ring (bicyclic) bond motifs is 1. The van der Waals surface area contributed by atoms with E-state index in [2.05, 4.69) is 27.0 Å². The minimum atomic E-state index is 0.391. The maximum absolute atomic E-state index is 9.16. The number of imidazole rings is 1. The number of hydrogen-bond donors (Lipinski definition) is 0. The first-order valence-corrected chi connectivity index (χ1v) is 6.70. The lowest BCUT2D eigenvalue weighted by molar-refractivity contribution is 1.15. The highest BCUT2D eigenvalue weighted by Gasteiger charge is 2.14. The Morgan fingerprint density at radius 1 is 1.21 bits per heavy atom. The first-order valence-electron chi connectivity index (χ1n) is 5.53. The van der Waals surface area contributed by atoms with Crippen LogP contribution in [0.4, 0.5) is 0 Å². The molecular weight excluding hydrogens is 326 g/mol. The van der Waals surface area contributed by atoms with Crippen LogP contribution < -0.4 is 0 Å². The Bertz CT molecular complexity index is 817. The molecule has 2 heterocycles. The average Bonchev–Trinajstić information content (AvgIpc) is 2.77. The number of benzene rings is 1. The van der Waals surface area contributed by atoms with Crippen LogP contribution in [0.2, 0.25) is 5.02 Å². The topological polar surface area (TPSA) is 41.1 Å². The van der Waals surface area contributed by atoms with Gasteiger partial charge in [0.05, 0.1) is 10.5 Å². The predicted octanol–water partition coefficient (Wildman–Crippen LogP) is 4.29. The van der Waals surface area contributed by atoms with Crippen LogP contribution in [0.15, 0.2) is 47.1 Å². The molecule has 3 rings (SSSR count). The molecule has 0 saturated carbocycles. The highest BCUT2D eigenvalue weighted by Crippen LogP contribution is 2.29. The second-order valence-electron chi connectivity index (χ2n) is 3.98. The van der Waals surface area contributed by atoms with Gasteiger partial charge in [-0.05, 0) is 40.2 Å². The monoisotopic (exact) mass is 331 g/mol. The van der Waals surface area contributed by atoms with Crippen molar-refractivity contribution >= 4 is 33.0 Å². The van der Waals surface area contributed by atoms with Crippen LogP contribution in [0, 0.1) is 11.3 Å². The second kappa shape index (κ2) is 4.69. The molecule has 0 radical (unpaired) electrons. The van der Waals surface area contributed by atoms with Crippen LogP contribution in [-0.2, 0) is 0 Å². The predicted molar refractivity (Wildman–Crippen MR) is 78.1 cm³/mol. The maximum atomic E-state index is 9.16. The lowest BCUT2D eigenvalue weighted by Gasteiger charge is -2.03. The third-order valence-electron chi connectivity index (χ3n) is 2.82. The van der Waals surface area contributed by atoms with Gasteiger partial charge < -0.3 is 0 Å². The normalized spacial score (nSPS) is 10.6. The third kappa shape index (κ3) is 2.01. The third-order valence-corrected chi connectivity index (χ3v) is 3.62. The molecule has 2 aromatic heterocycles. The molecule has 19 heavy (non-hydrogen) atoms. The van der Waals surface area contributed by atoms with Crippen molar-refractivity contribution in [1.82, 2.24) is 9.38 Å². The molecule has 0 amide bonds. The van der Waals surface area contributed by atoms with Gasteiger partial charge in [0.25, 0.3) is 0 Å². The summed E-state index contributed by atoms with van der Waals surface area (Å²) >= 11 is 9.63. The smallest absolute Gasteiger partial charge is 0.166 e. The molecule has 3 nitrogen and oxygen atoms in total. The van der Waals surface area contributed by atoms with E-state index in [1.807, 2.05) is 47.0 Å². The average molecular weight is 333 g/mol. The Labute approximate surface area is 123 Å². The van der Waals surface area contributed by atoms with Crippen molar-refractivity contribution in [2.75, 3.05) is 0 Å². The standard InChI is InChI=1S/C14H7BrClN3/c15-9-5-6-13-12(7-17)18-14(19(13)8-9)10-3-1-2-4-11(10)16/h1-6,8H. The molecule has 0 N–H and O–H groups in total. The summed E-state index contributed by atoms with van der Waals surface area (Å²) in [5.41, 5.74) is 1.96. The highest BCUT2D eigenvalue weighted by molar-refractivity contribution is 9.10. The quantitative estimate of drug-likeness (QED) is 0.667. The van der Waals surface area contributed by atoms with Gasteiger partial charge >= 0.3 is 0 Å². The zero-order valence-corrected chi connectivity index (χ0v) is 12.0. The van der Waals surface area contributed by atoms with Crippen molar-refractivity contribution in [2.24, 2.45) is 0 Å². The summed E-state index contributed by atoms with van der Waals surface area (Å²) in [6.07, 6.45) is 1.88. The van der Waals surface area contributed by atoms with E-state index < -0.39 is 0 Å². The van der Waals surface area contributed by atoms with Crippen LogP contribution in [0.1, 0.15) is 5.69 Å². The summed E-state index contributed by atoms with van der Waals surface area (Å²) < 4.78 is 2.78. The molecule has 5 heteroatoms. The van der Waals surface area contributed by atoms with Gasteiger partial charge in [0.15, 0.2) is 5.69 Å². The Morgan fingerprint density at radius 3 is 2.74 bits per heavy atom. The van der Waals surface area contributed by atoms with Crippen molar-refractivity contribution < 1.29 is 0 Å². The summed E-state index contributed by atoms with van der Waals surface area (Å²) in [7, 11) is 0. The Morgan fingerprint density at radius 2 is 2.00 bits per heavy atom. The molecule has 0 atom stereocenters. The maximum Gasteiger partial charge on any atom is 0.166 e. The first kappa shape index (κ1) is 12.2. The summed E-state index contributed by atoms with van der Waals surface area (Å²) in [6, 6.07) is 13.3. The van der Waals surface area contributed by atoms with Crippen molar-refractivity contribution in [2.45, 2.75) is 0 Å². The van der Waals surface area contributed by atoms with Gasteiger partial charge in [-0.1, -0.05) is 23.7 Å². The lowest BCUT2D eigenvalue weighted by Crippen LogP contribution is -1.89. The SMILES string of the molecule is N#Cc1nc(-c2ccccc2Cl)n2cc(Br)ccc12. The fourth-order valence-corrected chi connectivity index (χ4v) is 2.53. The molecule has 0 aliphatic heterocycles. The van der Waals surface area contributed by atoms with Gasteiger partial charge in [0.1, 0.15) is 11.9 Å². The summed E-state index contributed by atoms with van der Waals surface area (Å²) in [6.45, 7) is 0. The Balaban J connectivity index is 2.39. The number of nitrogens with zero attached hydrogens (tertiary/aromatic N) is 3. The molecular formula is C14H7BrClN3. The number of aromatic nitrogens is 2. The highest BCUT2D eigenvalue weighted by atomic mass is 79.9. The van der Waals surface area contributed by atoms with Crippen LogP contribution >= 0.6 is 27.5 Å². The van der Waals surface area contributed by atoms with Crippen molar-refractivity contribution in [1.29, 1.82) is 5.26 Å². The zero-order chi connectivity index (χ0) is 13.4. The van der Waals surface area contributed by atoms with Crippen LogP contribution in [0.25, 0.3) is 16.9 Å². The van der Waals surface area contributed by atoms with Crippen LogP contribution in [0.3, 0.4) is 0 Å². The number of halogens is 2. The lowest BCUT2D eigenvalue weighted by atomic mass is 10.2. The molecule has 0 spiro atoms. The molecule has 0 aliphatic rings. The molecule has 0 saturated heterocycles. The van der Waals surface area contributed by atoms with Gasteiger partial charge in [-0.25, -0.2) is 4.98 Å². The fourth-order valence-electron chi connectivity index (χ4n) is 1.97. The van der Waals surface area contributed by atoms with E-state index in [9.17, 15) is 0 Å². The van der Waals surface area contributed by atoms with E-state index in [0.29, 0.717) is 16.5 Å². The molecule has 1 aromatic carbocycles.